The van der Waals surface area contributed by atoms with Gasteiger partial charge in [-0.1, -0.05) is 29.8 Å². The van der Waals surface area contributed by atoms with Crippen LogP contribution in [-0.4, -0.2) is 14.5 Å². The highest BCUT2D eigenvalue weighted by Gasteiger charge is 2.12. The van der Waals surface area contributed by atoms with Gasteiger partial charge in [0.1, 0.15) is 17.3 Å². The van der Waals surface area contributed by atoms with Gasteiger partial charge in [-0.2, -0.15) is 4.98 Å². The van der Waals surface area contributed by atoms with E-state index in [0.29, 0.717) is 22.0 Å². The minimum atomic E-state index is -0.720. The van der Waals surface area contributed by atoms with Gasteiger partial charge in [0, 0.05) is 34.3 Å². The molecule has 30 heavy (non-hydrogen) atoms. The highest BCUT2D eigenvalue weighted by molar-refractivity contribution is 6.30. The SMILES string of the molecule is C[C@H](Nc1ncc2ccc(=O)n(Cc3ccc(F)cc3F)c2n1)c1ccc(Cl)cc1. The summed E-state index contributed by atoms with van der Waals surface area (Å²) < 4.78 is 28.7. The van der Waals surface area contributed by atoms with Crippen LogP contribution in [0.2, 0.25) is 5.02 Å². The van der Waals surface area contributed by atoms with E-state index >= 15 is 0 Å². The number of hydrogen-bond acceptors (Lipinski definition) is 4. The van der Waals surface area contributed by atoms with Crippen molar-refractivity contribution in [3.05, 3.63) is 98.9 Å². The number of nitrogens with zero attached hydrogens (tertiary/aromatic N) is 3. The highest BCUT2D eigenvalue weighted by atomic mass is 35.5. The molecule has 0 aliphatic heterocycles. The Morgan fingerprint density at radius 2 is 1.87 bits per heavy atom. The van der Waals surface area contributed by atoms with E-state index in [-0.39, 0.29) is 23.7 Å². The van der Waals surface area contributed by atoms with Gasteiger partial charge in [-0.25, -0.2) is 13.8 Å². The first-order valence-corrected chi connectivity index (χ1v) is 9.61. The summed E-state index contributed by atoms with van der Waals surface area (Å²) in [4.78, 5) is 21.3. The molecular formula is C22H17ClF2N4O. The molecule has 0 radical (unpaired) electrons. The Hall–Kier alpha value is -3.32. The lowest BCUT2D eigenvalue weighted by molar-refractivity contribution is 0.566. The molecule has 2 heterocycles. The van der Waals surface area contributed by atoms with E-state index in [0.717, 1.165) is 17.7 Å². The van der Waals surface area contributed by atoms with Gasteiger partial charge in [-0.15, -0.1) is 0 Å². The van der Waals surface area contributed by atoms with E-state index in [1.54, 1.807) is 24.4 Å². The highest BCUT2D eigenvalue weighted by Crippen LogP contribution is 2.21. The van der Waals surface area contributed by atoms with Gasteiger partial charge in [0.25, 0.3) is 5.56 Å². The second-order valence-corrected chi connectivity index (χ2v) is 7.32. The molecule has 152 valence electrons. The van der Waals surface area contributed by atoms with Crippen LogP contribution < -0.4 is 10.9 Å². The molecule has 0 bridgehead atoms. The number of anilines is 1. The van der Waals surface area contributed by atoms with Crippen LogP contribution in [0.5, 0.6) is 0 Å². The zero-order valence-corrected chi connectivity index (χ0v) is 16.7. The quantitative estimate of drug-likeness (QED) is 0.491. The number of rotatable bonds is 5. The van der Waals surface area contributed by atoms with E-state index in [1.165, 1.54) is 16.7 Å². The summed E-state index contributed by atoms with van der Waals surface area (Å²) in [5, 5.41) is 4.46. The van der Waals surface area contributed by atoms with Crippen LogP contribution in [0, 0.1) is 11.6 Å². The fourth-order valence-electron chi connectivity index (χ4n) is 3.14. The number of aromatic nitrogens is 3. The Bertz CT molecular complexity index is 1270. The van der Waals surface area contributed by atoms with Gasteiger partial charge in [0.05, 0.1) is 12.6 Å². The van der Waals surface area contributed by atoms with E-state index in [1.807, 2.05) is 19.1 Å². The maximum absolute atomic E-state index is 14.1. The molecule has 0 unspecified atom stereocenters. The van der Waals surface area contributed by atoms with Crippen LogP contribution in [0.15, 0.2) is 65.6 Å². The van der Waals surface area contributed by atoms with E-state index in [9.17, 15) is 13.6 Å². The summed E-state index contributed by atoms with van der Waals surface area (Å²) in [6.45, 7) is 1.87. The van der Waals surface area contributed by atoms with Gasteiger partial charge >= 0.3 is 0 Å². The number of pyridine rings is 1. The number of nitrogens with one attached hydrogen (secondary N) is 1. The summed E-state index contributed by atoms with van der Waals surface area (Å²) in [6, 6.07) is 13.5. The van der Waals surface area contributed by atoms with Crippen molar-refractivity contribution in [3.8, 4) is 0 Å². The molecule has 0 aliphatic rings. The molecule has 2 aromatic carbocycles. The Kier molecular flexibility index (Phi) is 5.46. The third kappa shape index (κ3) is 4.16. The third-order valence-electron chi connectivity index (χ3n) is 4.78. The van der Waals surface area contributed by atoms with Crippen molar-refractivity contribution in [3.63, 3.8) is 0 Å². The smallest absolute Gasteiger partial charge is 0.252 e. The van der Waals surface area contributed by atoms with Crippen molar-refractivity contribution in [1.82, 2.24) is 14.5 Å². The average Bonchev–Trinajstić information content (AvgIpc) is 2.72. The number of benzene rings is 2. The molecule has 5 nitrogen and oxygen atoms in total. The van der Waals surface area contributed by atoms with Gasteiger partial charge in [-0.3, -0.25) is 9.36 Å². The molecule has 0 saturated carbocycles. The van der Waals surface area contributed by atoms with Crippen LogP contribution in [0.3, 0.4) is 0 Å². The second kappa shape index (κ2) is 8.20. The number of hydrogen-bond donors (Lipinski definition) is 1. The molecule has 1 N–H and O–H groups in total. The molecule has 4 aromatic rings. The molecule has 0 saturated heterocycles. The van der Waals surface area contributed by atoms with Crippen LogP contribution in [0.4, 0.5) is 14.7 Å². The van der Waals surface area contributed by atoms with Gasteiger partial charge in [0.15, 0.2) is 0 Å². The van der Waals surface area contributed by atoms with Gasteiger partial charge < -0.3 is 5.32 Å². The first-order chi connectivity index (χ1) is 14.4. The Morgan fingerprint density at radius 3 is 2.60 bits per heavy atom. The van der Waals surface area contributed by atoms with Crippen molar-refractivity contribution < 1.29 is 8.78 Å². The maximum Gasteiger partial charge on any atom is 0.252 e. The predicted molar refractivity (Wildman–Crippen MR) is 113 cm³/mol. The molecule has 0 amide bonds. The summed E-state index contributed by atoms with van der Waals surface area (Å²) in [6.07, 6.45) is 1.59. The lowest BCUT2D eigenvalue weighted by atomic mass is 10.1. The van der Waals surface area contributed by atoms with Gasteiger partial charge in [0.2, 0.25) is 5.95 Å². The largest absolute Gasteiger partial charge is 0.348 e. The first-order valence-electron chi connectivity index (χ1n) is 9.23. The maximum atomic E-state index is 14.1. The lowest BCUT2D eigenvalue weighted by Crippen LogP contribution is -2.22. The second-order valence-electron chi connectivity index (χ2n) is 6.88. The Balaban J connectivity index is 1.70. The molecule has 1 atom stereocenters. The van der Waals surface area contributed by atoms with Crippen molar-refractivity contribution >= 4 is 28.6 Å². The van der Waals surface area contributed by atoms with Crippen molar-refractivity contribution in [2.45, 2.75) is 19.5 Å². The van der Waals surface area contributed by atoms with Crippen LogP contribution >= 0.6 is 11.6 Å². The van der Waals surface area contributed by atoms with E-state index in [2.05, 4.69) is 15.3 Å². The monoisotopic (exact) mass is 426 g/mol. The van der Waals surface area contributed by atoms with Crippen molar-refractivity contribution in [2.24, 2.45) is 0 Å². The zero-order valence-electron chi connectivity index (χ0n) is 15.9. The molecule has 8 heteroatoms. The van der Waals surface area contributed by atoms with Crippen LogP contribution in [0.1, 0.15) is 24.1 Å². The minimum Gasteiger partial charge on any atom is -0.348 e. The number of fused-ring (bicyclic) bond motifs is 1. The third-order valence-corrected chi connectivity index (χ3v) is 5.03. The van der Waals surface area contributed by atoms with Gasteiger partial charge in [-0.05, 0) is 36.8 Å². The minimum absolute atomic E-state index is 0.0779. The molecule has 4 rings (SSSR count). The summed E-state index contributed by atoms with van der Waals surface area (Å²) in [5.41, 5.74) is 1.18. The standard InChI is InChI=1S/C22H17ClF2N4O/c1-13(14-2-6-17(23)7-3-14)27-22-26-11-15-5-9-20(30)29(21(15)28-22)12-16-4-8-18(24)10-19(16)25/h2-11,13H,12H2,1H3,(H,26,27,28)/t13-/m0/s1. The zero-order chi connectivity index (χ0) is 21.3. The van der Waals surface area contributed by atoms with E-state index in [4.69, 9.17) is 11.6 Å². The first kappa shape index (κ1) is 20.0. The van der Waals surface area contributed by atoms with Crippen molar-refractivity contribution in [2.75, 3.05) is 5.32 Å². The fraction of sp³-hybridized carbons (Fsp3) is 0.136. The topological polar surface area (TPSA) is 59.8 Å². The summed E-state index contributed by atoms with van der Waals surface area (Å²) in [5.74, 6) is -1.07. The van der Waals surface area contributed by atoms with Crippen LogP contribution in [0.25, 0.3) is 11.0 Å². The summed E-state index contributed by atoms with van der Waals surface area (Å²) >= 11 is 5.94. The van der Waals surface area contributed by atoms with Crippen LogP contribution in [-0.2, 0) is 6.54 Å². The molecular weight excluding hydrogens is 410 g/mol. The molecule has 0 fully saturated rings. The molecule has 0 aliphatic carbocycles. The molecule has 2 aromatic heterocycles. The van der Waals surface area contributed by atoms with Crippen molar-refractivity contribution in [1.29, 1.82) is 0 Å². The van der Waals surface area contributed by atoms with E-state index < -0.39 is 11.6 Å². The average molecular weight is 427 g/mol. The number of halogens is 3. The summed E-state index contributed by atoms with van der Waals surface area (Å²) in [7, 11) is 0. The fourth-order valence-corrected chi connectivity index (χ4v) is 3.27. The normalized spacial score (nSPS) is 12.1. The lowest BCUT2D eigenvalue weighted by Gasteiger charge is -2.16. The Morgan fingerprint density at radius 1 is 1.10 bits per heavy atom. The molecule has 0 spiro atoms. The Labute approximate surface area is 176 Å². The predicted octanol–water partition coefficient (Wildman–Crippen LogP) is 4.94.